The molecule has 1 unspecified atom stereocenters. The van der Waals surface area contributed by atoms with Crippen molar-refractivity contribution in [2.24, 2.45) is 27.6 Å². The van der Waals surface area contributed by atoms with Crippen LogP contribution in [0.1, 0.15) is 115 Å². The van der Waals surface area contributed by atoms with Gasteiger partial charge in [-0.25, -0.2) is 0 Å². The van der Waals surface area contributed by atoms with Gasteiger partial charge in [0.15, 0.2) is 11.5 Å². The van der Waals surface area contributed by atoms with Crippen molar-refractivity contribution < 1.29 is 19.1 Å². The average molecular weight is 626 g/mol. The van der Waals surface area contributed by atoms with Gasteiger partial charge in [-0.2, -0.15) is 5.26 Å². The van der Waals surface area contributed by atoms with Crippen molar-refractivity contribution in [3.8, 4) is 17.6 Å². The molecule has 3 saturated carbocycles. The number of benzene rings is 2. The molecule has 2 aromatic rings. The molecule has 0 radical (unpaired) electrons. The SMILES string of the molecule is CC(=O)Oc1cc2c(cc1OC(C)=O)[C@]1(C)CC[C@@]3(C)[C@@H]4C[C@](C)(C#N)CC[C@]4(C)CC[C@]3(C)C1=CC2Sc1ccc(C)cc1. The first-order valence-corrected chi connectivity index (χ1v) is 17.4. The Morgan fingerprint density at radius 3 is 2.11 bits per heavy atom. The maximum absolute atomic E-state index is 12.2. The number of allylic oxidation sites excluding steroid dienone is 1. The third-order valence-electron chi connectivity index (χ3n) is 12.7. The van der Waals surface area contributed by atoms with Crippen molar-refractivity contribution in [3.05, 3.63) is 64.7 Å². The first-order valence-electron chi connectivity index (χ1n) is 16.5. The number of nitrogens with zero attached hydrogens (tertiary/aromatic N) is 1. The zero-order chi connectivity index (χ0) is 32.6. The van der Waals surface area contributed by atoms with Crippen LogP contribution in [0.25, 0.3) is 0 Å². The maximum atomic E-state index is 12.2. The highest BCUT2D eigenvalue weighted by atomic mass is 32.2. The maximum Gasteiger partial charge on any atom is 0.308 e. The predicted molar refractivity (Wildman–Crippen MR) is 178 cm³/mol. The van der Waals surface area contributed by atoms with Crippen molar-refractivity contribution >= 4 is 23.7 Å². The lowest BCUT2D eigenvalue weighted by molar-refractivity contribution is -0.152. The molecule has 0 bridgehead atoms. The lowest BCUT2D eigenvalue weighted by Gasteiger charge is -2.70. The quantitative estimate of drug-likeness (QED) is 0.191. The first-order chi connectivity index (χ1) is 21.1. The van der Waals surface area contributed by atoms with Gasteiger partial charge in [-0.3, -0.25) is 9.59 Å². The van der Waals surface area contributed by atoms with Crippen LogP contribution >= 0.6 is 11.8 Å². The van der Waals surface area contributed by atoms with E-state index >= 15 is 0 Å². The fourth-order valence-electron chi connectivity index (χ4n) is 9.79. The van der Waals surface area contributed by atoms with Gasteiger partial charge in [0.1, 0.15) is 0 Å². The van der Waals surface area contributed by atoms with Crippen LogP contribution in [0, 0.1) is 45.8 Å². The lowest BCUT2D eigenvalue weighted by Crippen LogP contribution is -2.62. The van der Waals surface area contributed by atoms with E-state index in [1.807, 2.05) is 23.9 Å². The summed E-state index contributed by atoms with van der Waals surface area (Å²) in [5, 5.41) is 10.2. The second-order valence-electron chi connectivity index (χ2n) is 15.7. The van der Waals surface area contributed by atoms with Gasteiger partial charge >= 0.3 is 11.9 Å². The van der Waals surface area contributed by atoms with Crippen LogP contribution < -0.4 is 9.47 Å². The molecular formula is C39H47NO4S. The summed E-state index contributed by atoms with van der Waals surface area (Å²) in [6.45, 7) is 16.9. The van der Waals surface area contributed by atoms with Crippen LogP contribution in [0.4, 0.5) is 0 Å². The summed E-state index contributed by atoms with van der Waals surface area (Å²) >= 11 is 1.81. The van der Waals surface area contributed by atoms with Gasteiger partial charge in [-0.05, 0) is 116 Å². The van der Waals surface area contributed by atoms with E-state index in [0.29, 0.717) is 11.7 Å². The molecule has 0 spiro atoms. The van der Waals surface area contributed by atoms with E-state index < -0.39 is 11.9 Å². The lowest BCUT2D eigenvalue weighted by atomic mass is 9.34. The Morgan fingerprint density at radius 2 is 1.49 bits per heavy atom. The number of hydrogen-bond acceptors (Lipinski definition) is 6. The number of thioether (sulfide) groups is 1. The molecule has 4 aliphatic carbocycles. The molecule has 0 aromatic heterocycles. The molecule has 45 heavy (non-hydrogen) atoms. The molecule has 0 N–H and O–H groups in total. The Morgan fingerprint density at radius 1 is 0.867 bits per heavy atom. The topological polar surface area (TPSA) is 76.4 Å². The van der Waals surface area contributed by atoms with E-state index in [9.17, 15) is 14.9 Å². The van der Waals surface area contributed by atoms with Crippen molar-refractivity contribution in [2.75, 3.05) is 0 Å². The predicted octanol–water partition coefficient (Wildman–Crippen LogP) is 9.81. The number of hydrogen-bond donors (Lipinski definition) is 0. The fraction of sp³-hybridized carbons (Fsp3) is 0.564. The van der Waals surface area contributed by atoms with Gasteiger partial charge in [0, 0.05) is 24.2 Å². The smallest absolute Gasteiger partial charge is 0.308 e. The number of ether oxygens (including phenoxy) is 2. The molecule has 0 saturated heterocycles. The Kier molecular flexibility index (Phi) is 7.63. The highest BCUT2D eigenvalue weighted by molar-refractivity contribution is 7.99. The Hall–Kier alpha value is -3.04. The molecule has 5 nitrogen and oxygen atoms in total. The van der Waals surface area contributed by atoms with E-state index in [-0.39, 0.29) is 38.1 Å². The van der Waals surface area contributed by atoms with E-state index in [4.69, 9.17) is 9.47 Å². The van der Waals surface area contributed by atoms with E-state index in [0.717, 1.165) is 56.1 Å². The highest BCUT2D eigenvalue weighted by Crippen LogP contribution is 2.75. The molecule has 2 aromatic carbocycles. The number of carbonyl (C=O) groups excluding carboxylic acids is 2. The van der Waals surface area contributed by atoms with Crippen molar-refractivity contribution in [3.63, 3.8) is 0 Å². The molecule has 0 heterocycles. The van der Waals surface area contributed by atoms with Crippen molar-refractivity contribution in [1.82, 2.24) is 0 Å². The number of carbonyl (C=O) groups is 2. The zero-order valence-corrected chi connectivity index (χ0v) is 29.0. The van der Waals surface area contributed by atoms with Gasteiger partial charge in [0.2, 0.25) is 0 Å². The van der Waals surface area contributed by atoms with E-state index in [2.05, 4.69) is 78.0 Å². The molecule has 0 amide bonds. The summed E-state index contributed by atoms with van der Waals surface area (Å²) in [6.07, 6.45) is 9.87. The molecular weight excluding hydrogens is 578 g/mol. The molecule has 3 fully saturated rings. The molecule has 238 valence electrons. The minimum atomic E-state index is -0.451. The highest BCUT2D eigenvalue weighted by Gasteiger charge is 2.66. The molecule has 6 rings (SSSR count). The number of esters is 2. The summed E-state index contributed by atoms with van der Waals surface area (Å²) < 4.78 is 11.3. The van der Waals surface area contributed by atoms with Gasteiger partial charge in [0.25, 0.3) is 0 Å². The Bertz CT molecular complexity index is 1640. The summed E-state index contributed by atoms with van der Waals surface area (Å²) in [5.41, 5.74) is 4.59. The minimum absolute atomic E-state index is 0.0188. The van der Waals surface area contributed by atoms with Gasteiger partial charge in [0.05, 0.1) is 16.7 Å². The summed E-state index contributed by atoms with van der Waals surface area (Å²) in [7, 11) is 0. The minimum Gasteiger partial charge on any atom is -0.423 e. The normalized spacial score (nSPS) is 36.6. The van der Waals surface area contributed by atoms with E-state index in [1.165, 1.54) is 29.9 Å². The Labute approximate surface area is 273 Å². The molecule has 4 aliphatic rings. The monoisotopic (exact) mass is 625 g/mol. The fourth-order valence-corrected chi connectivity index (χ4v) is 10.9. The van der Waals surface area contributed by atoms with Gasteiger partial charge < -0.3 is 9.47 Å². The van der Waals surface area contributed by atoms with Crippen LogP contribution in [0.3, 0.4) is 0 Å². The van der Waals surface area contributed by atoms with Crippen LogP contribution in [0.5, 0.6) is 11.5 Å². The number of nitriles is 1. The van der Waals surface area contributed by atoms with Crippen molar-refractivity contribution in [1.29, 1.82) is 5.26 Å². The number of rotatable bonds is 4. The van der Waals surface area contributed by atoms with Crippen molar-refractivity contribution in [2.45, 2.75) is 116 Å². The van der Waals surface area contributed by atoms with Gasteiger partial charge in [-0.15, -0.1) is 11.8 Å². The standard InChI is InChI=1S/C39H47NO4S/c1-24-9-11-27(12-10-24)45-32-21-33-37(6,29-20-31(44-26(3)42)30(19-28(29)32)43-25(2)41)16-18-39(8)34-22-35(4,23-40)13-14-36(34,5)15-17-38(33,39)7/h9-12,19-21,32,34H,13-18,22H2,1-8H3/t32?,34-,35-,36-,37+,38-,39+/m1/s1. The second kappa shape index (κ2) is 10.8. The van der Waals surface area contributed by atoms with Crippen LogP contribution in [0.15, 0.2) is 52.9 Å². The van der Waals surface area contributed by atoms with Crippen LogP contribution in [0.2, 0.25) is 0 Å². The third-order valence-corrected chi connectivity index (χ3v) is 13.9. The summed E-state index contributed by atoms with van der Waals surface area (Å²) in [6, 6.07) is 15.3. The third kappa shape index (κ3) is 5.05. The molecule has 6 heteroatoms. The summed E-state index contributed by atoms with van der Waals surface area (Å²) in [4.78, 5) is 25.6. The van der Waals surface area contributed by atoms with Crippen LogP contribution in [-0.2, 0) is 15.0 Å². The largest absolute Gasteiger partial charge is 0.423 e. The zero-order valence-electron chi connectivity index (χ0n) is 28.1. The number of fused-ring (bicyclic) bond motifs is 7. The number of aryl methyl sites for hydroxylation is 1. The first kappa shape index (κ1) is 31.9. The average Bonchev–Trinajstić information content (AvgIpc) is 2.98. The van der Waals surface area contributed by atoms with E-state index in [1.54, 1.807) is 0 Å². The van der Waals surface area contributed by atoms with Gasteiger partial charge in [-0.1, -0.05) is 57.0 Å². The molecule has 0 aliphatic heterocycles. The molecule has 7 atom stereocenters. The Balaban J connectivity index is 1.54. The summed E-state index contributed by atoms with van der Waals surface area (Å²) in [5.74, 6) is 0.139. The second-order valence-corrected chi connectivity index (χ2v) is 16.9. The van der Waals surface area contributed by atoms with Crippen LogP contribution in [-0.4, -0.2) is 11.9 Å².